The number of benzene rings is 1. The highest BCUT2D eigenvalue weighted by molar-refractivity contribution is 5.50. The van der Waals surface area contributed by atoms with Crippen LogP contribution in [0.3, 0.4) is 0 Å². The van der Waals surface area contributed by atoms with E-state index in [1.165, 1.54) is 0 Å². The quantitative estimate of drug-likeness (QED) is 0.879. The first-order chi connectivity index (χ1) is 11.1. The number of phenols is 1. The van der Waals surface area contributed by atoms with E-state index in [-0.39, 0.29) is 16.9 Å². The molecular formula is C20H33FN2O. The van der Waals surface area contributed by atoms with Crippen molar-refractivity contribution in [3.63, 3.8) is 0 Å². The summed E-state index contributed by atoms with van der Waals surface area (Å²) in [4.78, 5) is 2.21. The van der Waals surface area contributed by atoms with E-state index in [2.05, 4.69) is 51.8 Å². The SMILES string of the molecule is CC(C)(C)c1cc([C@H](CF)N2CCNCC2)cc(C(C)(C)C)c1O. The summed E-state index contributed by atoms with van der Waals surface area (Å²) in [5.74, 6) is 0.358. The number of halogens is 1. The number of hydrogen-bond acceptors (Lipinski definition) is 3. The average molecular weight is 336 g/mol. The van der Waals surface area contributed by atoms with Gasteiger partial charge in [0.05, 0.1) is 6.04 Å². The molecule has 1 saturated heterocycles. The van der Waals surface area contributed by atoms with Gasteiger partial charge >= 0.3 is 0 Å². The minimum absolute atomic E-state index is 0.190. The highest BCUT2D eigenvalue weighted by Gasteiger charge is 2.30. The minimum Gasteiger partial charge on any atom is -0.507 e. The second-order valence-corrected chi connectivity index (χ2v) is 8.92. The van der Waals surface area contributed by atoms with Gasteiger partial charge in [-0.3, -0.25) is 4.90 Å². The summed E-state index contributed by atoms with van der Waals surface area (Å²) in [5.41, 5.74) is 2.40. The van der Waals surface area contributed by atoms with Crippen LogP contribution in [0.25, 0.3) is 0 Å². The summed E-state index contributed by atoms with van der Waals surface area (Å²) in [6.07, 6.45) is 0. The van der Waals surface area contributed by atoms with Gasteiger partial charge in [0.1, 0.15) is 12.4 Å². The molecule has 136 valence electrons. The van der Waals surface area contributed by atoms with Crippen LogP contribution in [-0.4, -0.2) is 42.9 Å². The maximum atomic E-state index is 14.0. The molecule has 1 heterocycles. The van der Waals surface area contributed by atoms with Crippen LogP contribution in [0.1, 0.15) is 64.3 Å². The molecule has 24 heavy (non-hydrogen) atoms. The molecule has 1 atom stereocenters. The number of hydrogen-bond donors (Lipinski definition) is 2. The van der Waals surface area contributed by atoms with Crippen molar-refractivity contribution in [1.29, 1.82) is 0 Å². The molecule has 2 rings (SSSR count). The van der Waals surface area contributed by atoms with Crippen molar-refractivity contribution >= 4 is 0 Å². The highest BCUT2D eigenvalue weighted by atomic mass is 19.1. The molecule has 3 nitrogen and oxygen atoms in total. The fourth-order valence-corrected chi connectivity index (χ4v) is 3.38. The van der Waals surface area contributed by atoms with Crippen molar-refractivity contribution in [2.24, 2.45) is 0 Å². The maximum Gasteiger partial charge on any atom is 0.123 e. The molecule has 0 spiro atoms. The molecule has 0 saturated carbocycles. The highest BCUT2D eigenvalue weighted by Crippen LogP contribution is 2.41. The third-order valence-electron chi connectivity index (χ3n) is 4.87. The standard InChI is InChI=1S/C20H33FN2O/c1-19(2,3)15-11-14(12-16(18(15)24)20(4,5)6)17(13-21)23-9-7-22-8-10-23/h11-12,17,22,24H,7-10,13H2,1-6H3/t17-/m0/s1. The van der Waals surface area contributed by atoms with Crippen LogP contribution in [0.5, 0.6) is 5.75 Å². The van der Waals surface area contributed by atoms with E-state index in [0.29, 0.717) is 5.75 Å². The average Bonchev–Trinajstić information content (AvgIpc) is 2.48. The fraction of sp³-hybridized carbons (Fsp3) is 0.700. The molecule has 0 amide bonds. The second-order valence-electron chi connectivity index (χ2n) is 8.92. The number of alkyl halides is 1. The molecule has 2 N–H and O–H groups in total. The van der Waals surface area contributed by atoms with Gasteiger partial charge in [-0.1, -0.05) is 41.5 Å². The predicted molar refractivity (Wildman–Crippen MR) is 98.7 cm³/mol. The smallest absolute Gasteiger partial charge is 0.123 e. The van der Waals surface area contributed by atoms with Gasteiger partial charge in [-0.2, -0.15) is 0 Å². The van der Waals surface area contributed by atoms with Crippen molar-refractivity contribution < 1.29 is 9.50 Å². The number of piperazine rings is 1. The van der Waals surface area contributed by atoms with E-state index in [0.717, 1.165) is 42.9 Å². The lowest BCUT2D eigenvalue weighted by atomic mass is 9.77. The van der Waals surface area contributed by atoms with E-state index < -0.39 is 6.67 Å². The molecule has 0 unspecified atom stereocenters. The van der Waals surface area contributed by atoms with Crippen molar-refractivity contribution in [2.75, 3.05) is 32.9 Å². The van der Waals surface area contributed by atoms with Crippen LogP contribution in [-0.2, 0) is 10.8 Å². The summed E-state index contributed by atoms with van der Waals surface area (Å²) in [7, 11) is 0. The molecule has 1 aromatic carbocycles. The van der Waals surface area contributed by atoms with Crippen LogP contribution in [0.2, 0.25) is 0 Å². The Morgan fingerprint density at radius 2 is 1.50 bits per heavy atom. The van der Waals surface area contributed by atoms with Crippen LogP contribution in [0, 0.1) is 0 Å². The molecule has 1 fully saturated rings. The van der Waals surface area contributed by atoms with Crippen molar-refractivity contribution in [3.8, 4) is 5.75 Å². The molecule has 0 bridgehead atoms. The zero-order valence-electron chi connectivity index (χ0n) is 16.0. The molecule has 0 aromatic heterocycles. The maximum absolute atomic E-state index is 14.0. The van der Waals surface area contributed by atoms with Crippen LogP contribution in [0.15, 0.2) is 12.1 Å². The van der Waals surface area contributed by atoms with E-state index in [9.17, 15) is 9.50 Å². The monoisotopic (exact) mass is 336 g/mol. The summed E-state index contributed by atoms with van der Waals surface area (Å²) < 4.78 is 14.0. The topological polar surface area (TPSA) is 35.5 Å². The molecular weight excluding hydrogens is 303 g/mol. The lowest BCUT2D eigenvalue weighted by molar-refractivity contribution is 0.147. The van der Waals surface area contributed by atoms with Gasteiger partial charge in [-0.15, -0.1) is 0 Å². The van der Waals surface area contributed by atoms with Crippen LogP contribution >= 0.6 is 0 Å². The van der Waals surface area contributed by atoms with Crippen LogP contribution in [0.4, 0.5) is 4.39 Å². The zero-order valence-corrected chi connectivity index (χ0v) is 16.0. The lowest BCUT2D eigenvalue weighted by Gasteiger charge is -2.35. The summed E-state index contributed by atoms with van der Waals surface area (Å²) in [6.45, 7) is 15.6. The van der Waals surface area contributed by atoms with Gasteiger partial charge in [0, 0.05) is 26.2 Å². The second kappa shape index (κ2) is 7.01. The Hall–Kier alpha value is -1.13. The van der Waals surface area contributed by atoms with Gasteiger partial charge in [0.25, 0.3) is 0 Å². The Bertz CT molecular complexity index is 531. The van der Waals surface area contributed by atoms with Gasteiger partial charge in [0.2, 0.25) is 0 Å². The van der Waals surface area contributed by atoms with Crippen molar-refractivity contribution in [2.45, 2.75) is 58.4 Å². The number of aromatic hydroxyl groups is 1. The molecule has 1 aliphatic rings. The zero-order chi connectivity index (χ0) is 18.1. The minimum atomic E-state index is -0.405. The fourth-order valence-electron chi connectivity index (χ4n) is 3.38. The van der Waals surface area contributed by atoms with Crippen LogP contribution < -0.4 is 5.32 Å². The van der Waals surface area contributed by atoms with Gasteiger partial charge < -0.3 is 10.4 Å². The number of nitrogens with zero attached hydrogens (tertiary/aromatic N) is 1. The number of phenolic OH excluding ortho intramolecular Hbond substituents is 1. The first kappa shape index (κ1) is 19.2. The van der Waals surface area contributed by atoms with Gasteiger partial charge in [-0.05, 0) is 39.7 Å². The Morgan fingerprint density at radius 1 is 1.04 bits per heavy atom. The Labute approximate surface area is 146 Å². The molecule has 1 aromatic rings. The molecule has 1 aliphatic heterocycles. The van der Waals surface area contributed by atoms with Gasteiger partial charge in [-0.25, -0.2) is 4.39 Å². The molecule has 0 aliphatic carbocycles. The van der Waals surface area contributed by atoms with Crippen molar-refractivity contribution in [3.05, 3.63) is 28.8 Å². The Morgan fingerprint density at radius 3 is 1.88 bits per heavy atom. The van der Waals surface area contributed by atoms with E-state index in [1.54, 1.807) is 0 Å². The lowest BCUT2D eigenvalue weighted by Crippen LogP contribution is -2.45. The first-order valence-electron chi connectivity index (χ1n) is 8.94. The number of rotatable bonds is 3. The number of nitrogens with one attached hydrogen (secondary N) is 1. The Kier molecular flexibility index (Phi) is 5.61. The summed E-state index contributed by atoms with van der Waals surface area (Å²) in [5, 5.41) is 14.2. The predicted octanol–water partition coefficient (Wildman–Crippen LogP) is 3.90. The Balaban J connectivity index is 2.56. The van der Waals surface area contributed by atoms with Crippen molar-refractivity contribution in [1.82, 2.24) is 10.2 Å². The third-order valence-corrected chi connectivity index (χ3v) is 4.87. The summed E-state index contributed by atoms with van der Waals surface area (Å²) >= 11 is 0. The molecule has 4 heteroatoms. The van der Waals surface area contributed by atoms with E-state index >= 15 is 0 Å². The largest absolute Gasteiger partial charge is 0.507 e. The normalized spacial score (nSPS) is 18.6. The third kappa shape index (κ3) is 4.09. The van der Waals surface area contributed by atoms with Gasteiger partial charge in [0.15, 0.2) is 0 Å². The summed E-state index contributed by atoms with van der Waals surface area (Å²) in [6, 6.07) is 3.78. The van der Waals surface area contributed by atoms with E-state index in [1.807, 2.05) is 12.1 Å². The first-order valence-corrected chi connectivity index (χ1v) is 8.94. The van der Waals surface area contributed by atoms with E-state index in [4.69, 9.17) is 0 Å². The molecule has 0 radical (unpaired) electrons.